The van der Waals surface area contributed by atoms with Crippen LogP contribution in [0.15, 0.2) is 0 Å². The number of alkyl carbamates (subject to hydrolysis) is 1. The van der Waals surface area contributed by atoms with Crippen LogP contribution in [0, 0.1) is 0 Å². The highest BCUT2D eigenvalue weighted by Gasteiger charge is 2.29. The largest absolute Gasteiger partial charge is 0.440 e. The molecule has 1 N–H and O–H groups in total. The van der Waals surface area contributed by atoms with Gasteiger partial charge in [0.05, 0.1) is 0 Å². The number of alkyl halides is 3. The van der Waals surface area contributed by atoms with E-state index in [1.165, 1.54) is 0 Å². The molecule has 0 aromatic heterocycles. The molecular weight excluding hydrogens is 303 g/mol. The van der Waals surface area contributed by atoms with E-state index < -0.39 is 18.9 Å². The van der Waals surface area contributed by atoms with Crippen molar-refractivity contribution in [2.24, 2.45) is 0 Å². The van der Waals surface area contributed by atoms with E-state index in [0.29, 0.717) is 19.1 Å². The first kappa shape index (κ1) is 18.5. The molecule has 9 heteroatoms. The number of piperidine rings is 1. The summed E-state index contributed by atoms with van der Waals surface area (Å²) >= 11 is 0. The van der Waals surface area contributed by atoms with Gasteiger partial charge in [0, 0.05) is 32.1 Å². The first-order valence-corrected chi connectivity index (χ1v) is 7.10. The van der Waals surface area contributed by atoms with E-state index in [-0.39, 0.29) is 18.9 Å². The van der Waals surface area contributed by atoms with Crippen molar-refractivity contribution >= 4 is 12.0 Å². The van der Waals surface area contributed by atoms with Crippen LogP contribution in [-0.4, -0.2) is 74.4 Å². The Morgan fingerprint density at radius 2 is 2.05 bits per heavy atom. The van der Waals surface area contributed by atoms with Crippen molar-refractivity contribution in [3.63, 3.8) is 0 Å². The molecule has 1 rings (SSSR count). The van der Waals surface area contributed by atoms with Gasteiger partial charge in [-0.1, -0.05) is 0 Å². The average molecular weight is 325 g/mol. The van der Waals surface area contributed by atoms with E-state index >= 15 is 0 Å². The fourth-order valence-corrected chi connectivity index (χ4v) is 2.23. The number of likely N-dealkylation sites (N-methyl/N-ethyl adjacent to an activating group) is 1. The van der Waals surface area contributed by atoms with Gasteiger partial charge >= 0.3 is 12.3 Å². The maximum Gasteiger partial charge on any atom is 0.422 e. The van der Waals surface area contributed by atoms with Gasteiger partial charge in [0.25, 0.3) is 0 Å². The van der Waals surface area contributed by atoms with Crippen molar-refractivity contribution in [1.29, 1.82) is 0 Å². The molecule has 0 saturated carbocycles. The molecule has 1 aliphatic rings. The monoisotopic (exact) mass is 325 g/mol. The number of hydrogen-bond donors (Lipinski definition) is 1. The predicted octanol–water partition coefficient (Wildman–Crippen LogP) is 1.22. The van der Waals surface area contributed by atoms with Gasteiger partial charge in [-0.25, -0.2) is 4.79 Å². The number of rotatable bonds is 5. The summed E-state index contributed by atoms with van der Waals surface area (Å²) < 4.78 is 39.5. The van der Waals surface area contributed by atoms with Crippen molar-refractivity contribution in [3.05, 3.63) is 0 Å². The van der Waals surface area contributed by atoms with Crippen molar-refractivity contribution in [2.75, 3.05) is 40.3 Å². The fourth-order valence-electron chi connectivity index (χ4n) is 2.23. The van der Waals surface area contributed by atoms with Crippen molar-refractivity contribution in [2.45, 2.75) is 31.5 Å². The minimum atomic E-state index is -4.55. The molecule has 0 aromatic rings. The molecule has 1 saturated heterocycles. The van der Waals surface area contributed by atoms with E-state index in [1.54, 1.807) is 4.90 Å². The van der Waals surface area contributed by atoms with Crippen LogP contribution in [0.1, 0.15) is 19.3 Å². The summed E-state index contributed by atoms with van der Waals surface area (Å²) in [6.45, 7) is -0.381. The van der Waals surface area contributed by atoms with Crippen LogP contribution >= 0.6 is 0 Å². The number of hydrogen-bond acceptors (Lipinski definition) is 4. The average Bonchev–Trinajstić information content (AvgIpc) is 2.44. The van der Waals surface area contributed by atoms with Crippen LogP contribution in [0.3, 0.4) is 0 Å². The second-order valence-corrected chi connectivity index (χ2v) is 5.47. The van der Waals surface area contributed by atoms with E-state index in [2.05, 4.69) is 15.0 Å². The highest BCUT2D eigenvalue weighted by atomic mass is 19.4. The Morgan fingerprint density at radius 3 is 2.64 bits per heavy atom. The maximum absolute atomic E-state index is 12.0. The summed E-state index contributed by atoms with van der Waals surface area (Å²) in [4.78, 5) is 26.8. The zero-order valence-corrected chi connectivity index (χ0v) is 12.8. The number of carbonyl (C=O) groups excluding carboxylic acids is 2. The second kappa shape index (κ2) is 8.21. The number of halogens is 3. The molecule has 6 nitrogen and oxygen atoms in total. The molecule has 1 aliphatic heterocycles. The Labute approximate surface area is 127 Å². The van der Waals surface area contributed by atoms with Gasteiger partial charge in [0.2, 0.25) is 5.91 Å². The summed E-state index contributed by atoms with van der Waals surface area (Å²) in [6.07, 6.45) is -3.74. The molecule has 2 amide bonds. The first-order valence-electron chi connectivity index (χ1n) is 7.10. The van der Waals surface area contributed by atoms with Crippen molar-refractivity contribution in [1.82, 2.24) is 15.1 Å². The third kappa shape index (κ3) is 6.97. The lowest BCUT2D eigenvalue weighted by Crippen LogP contribution is -2.48. The van der Waals surface area contributed by atoms with Crippen LogP contribution in [0.25, 0.3) is 0 Å². The standard InChI is InChI=1S/C13H22F3N3O3/c1-18(2)10-4-3-7-19(8-10)11(20)5-6-17-12(21)22-9-13(14,15)16/h10H,3-9H2,1-2H3,(H,17,21)/t10-/m1/s1. The number of ether oxygens (including phenoxy) is 1. The summed E-state index contributed by atoms with van der Waals surface area (Å²) in [7, 11) is 3.91. The maximum atomic E-state index is 12.0. The lowest BCUT2D eigenvalue weighted by molar-refractivity contribution is -0.160. The van der Waals surface area contributed by atoms with E-state index in [1.807, 2.05) is 14.1 Å². The summed E-state index contributed by atoms with van der Waals surface area (Å²) in [6, 6.07) is 0.308. The third-order valence-corrected chi connectivity index (χ3v) is 3.45. The quantitative estimate of drug-likeness (QED) is 0.825. The van der Waals surface area contributed by atoms with Gasteiger partial charge in [0.1, 0.15) is 0 Å². The van der Waals surface area contributed by atoms with Gasteiger partial charge in [-0.15, -0.1) is 0 Å². The van der Waals surface area contributed by atoms with Gasteiger partial charge < -0.3 is 19.9 Å². The van der Waals surface area contributed by atoms with Crippen molar-refractivity contribution < 1.29 is 27.5 Å². The normalized spacial score (nSPS) is 19.2. The third-order valence-electron chi connectivity index (χ3n) is 3.45. The van der Waals surface area contributed by atoms with Gasteiger partial charge in [-0.2, -0.15) is 13.2 Å². The van der Waals surface area contributed by atoms with Crippen LogP contribution in [0.5, 0.6) is 0 Å². The van der Waals surface area contributed by atoms with Gasteiger partial charge in [-0.05, 0) is 26.9 Å². The zero-order valence-electron chi connectivity index (χ0n) is 12.8. The summed E-state index contributed by atoms with van der Waals surface area (Å²) in [5, 5.41) is 2.14. The molecular formula is C13H22F3N3O3. The van der Waals surface area contributed by atoms with Gasteiger partial charge in [-0.3, -0.25) is 4.79 Å². The Hall–Kier alpha value is -1.51. The second-order valence-electron chi connectivity index (χ2n) is 5.47. The predicted molar refractivity (Wildman–Crippen MR) is 73.3 cm³/mol. The van der Waals surface area contributed by atoms with E-state index in [0.717, 1.165) is 12.8 Å². The Morgan fingerprint density at radius 1 is 1.36 bits per heavy atom. The zero-order chi connectivity index (χ0) is 16.8. The highest BCUT2D eigenvalue weighted by Crippen LogP contribution is 2.15. The summed E-state index contributed by atoms with van der Waals surface area (Å²) in [5.74, 6) is -0.123. The molecule has 0 aliphatic carbocycles. The first-order chi connectivity index (χ1) is 10.2. The number of amides is 2. The minimum Gasteiger partial charge on any atom is -0.440 e. The van der Waals surface area contributed by atoms with Gasteiger partial charge in [0.15, 0.2) is 6.61 Å². The minimum absolute atomic E-state index is 0.0429. The number of likely N-dealkylation sites (tertiary alicyclic amines) is 1. The summed E-state index contributed by atoms with van der Waals surface area (Å²) in [5.41, 5.74) is 0. The molecule has 1 fully saturated rings. The molecule has 0 unspecified atom stereocenters. The molecule has 22 heavy (non-hydrogen) atoms. The van der Waals surface area contributed by atoms with Crippen LogP contribution in [0.4, 0.5) is 18.0 Å². The van der Waals surface area contributed by atoms with E-state index in [4.69, 9.17) is 0 Å². The number of nitrogens with one attached hydrogen (secondary N) is 1. The fraction of sp³-hybridized carbons (Fsp3) is 0.846. The molecule has 0 aromatic carbocycles. The van der Waals surface area contributed by atoms with Crippen LogP contribution in [-0.2, 0) is 9.53 Å². The molecule has 1 atom stereocenters. The van der Waals surface area contributed by atoms with Crippen LogP contribution in [0.2, 0.25) is 0 Å². The number of nitrogens with zero attached hydrogens (tertiary/aromatic N) is 2. The Bertz CT molecular complexity index is 388. The van der Waals surface area contributed by atoms with Crippen molar-refractivity contribution in [3.8, 4) is 0 Å². The lowest BCUT2D eigenvalue weighted by Gasteiger charge is -2.36. The molecule has 0 bridgehead atoms. The lowest BCUT2D eigenvalue weighted by atomic mass is 10.0. The van der Waals surface area contributed by atoms with E-state index in [9.17, 15) is 22.8 Å². The Kier molecular flexibility index (Phi) is 6.92. The SMILES string of the molecule is CN(C)[C@@H]1CCCN(C(=O)CCNC(=O)OCC(F)(F)F)C1. The molecule has 1 heterocycles. The highest BCUT2D eigenvalue weighted by molar-refractivity contribution is 5.77. The Balaban J connectivity index is 2.24. The van der Waals surface area contributed by atoms with Crippen LogP contribution < -0.4 is 5.32 Å². The molecule has 0 spiro atoms. The topological polar surface area (TPSA) is 61.9 Å². The number of carbonyl (C=O) groups is 2. The molecule has 0 radical (unpaired) electrons. The molecule has 128 valence electrons. The smallest absolute Gasteiger partial charge is 0.422 e.